The Labute approximate surface area is 164 Å². The van der Waals surface area contributed by atoms with Crippen molar-refractivity contribution in [2.45, 2.75) is 18.1 Å². The van der Waals surface area contributed by atoms with Crippen molar-refractivity contribution >= 4 is 15.9 Å². The van der Waals surface area contributed by atoms with Crippen LogP contribution in [0.5, 0.6) is 0 Å². The Hall–Kier alpha value is -2.90. The zero-order valence-electron chi connectivity index (χ0n) is 15.5. The molecule has 1 amide bonds. The van der Waals surface area contributed by atoms with Gasteiger partial charge in [-0.25, -0.2) is 13.1 Å². The lowest BCUT2D eigenvalue weighted by Crippen LogP contribution is -2.32. The summed E-state index contributed by atoms with van der Waals surface area (Å²) in [6.45, 7) is 0.883. The van der Waals surface area contributed by atoms with Crippen LogP contribution in [-0.2, 0) is 23.0 Å². The summed E-state index contributed by atoms with van der Waals surface area (Å²) in [6, 6.07) is 22.2. The van der Waals surface area contributed by atoms with Crippen LogP contribution in [0.15, 0.2) is 82.3 Å². The number of nitrogens with one attached hydrogen (secondary N) is 1. The Morgan fingerprint density at radius 3 is 2.14 bits per heavy atom. The van der Waals surface area contributed by atoms with Gasteiger partial charge in [-0.2, -0.15) is 0 Å². The number of furan rings is 1. The molecule has 7 heteroatoms. The molecule has 1 N–H and O–H groups in total. The van der Waals surface area contributed by atoms with Crippen LogP contribution in [0.4, 0.5) is 0 Å². The Bertz CT molecular complexity index is 1010. The molecule has 2 aromatic carbocycles. The Morgan fingerprint density at radius 2 is 1.54 bits per heavy atom. The molecule has 0 radical (unpaired) electrons. The van der Waals surface area contributed by atoms with E-state index < -0.39 is 10.0 Å². The average Bonchev–Trinajstić information content (AvgIpc) is 3.23. The number of carbonyl (C=O) groups excluding carboxylic acids is 1. The van der Waals surface area contributed by atoms with Crippen molar-refractivity contribution in [2.75, 3.05) is 13.6 Å². The Kier molecular flexibility index (Phi) is 6.28. The van der Waals surface area contributed by atoms with E-state index in [0.717, 1.165) is 11.1 Å². The number of amides is 1. The molecule has 0 bridgehead atoms. The molecule has 0 fully saturated rings. The van der Waals surface area contributed by atoms with Crippen molar-refractivity contribution in [3.8, 4) is 0 Å². The van der Waals surface area contributed by atoms with Crippen LogP contribution in [0.2, 0.25) is 0 Å². The fraction of sp³-hybridized carbons (Fsp3) is 0.190. The van der Waals surface area contributed by atoms with Crippen molar-refractivity contribution in [3.05, 3.63) is 89.7 Å². The molecule has 0 unspecified atom stereocenters. The molecule has 0 saturated heterocycles. The van der Waals surface area contributed by atoms with Gasteiger partial charge >= 0.3 is 0 Å². The van der Waals surface area contributed by atoms with Gasteiger partial charge in [-0.3, -0.25) is 4.79 Å². The third kappa shape index (κ3) is 4.88. The molecule has 28 heavy (non-hydrogen) atoms. The molecule has 0 atom stereocenters. The largest absolute Gasteiger partial charge is 0.438 e. The molecule has 0 aliphatic heterocycles. The van der Waals surface area contributed by atoms with Crippen molar-refractivity contribution in [2.24, 2.45) is 0 Å². The molecular formula is C21H22N2O4S. The topological polar surface area (TPSA) is 79.6 Å². The van der Waals surface area contributed by atoms with Gasteiger partial charge in [0.25, 0.3) is 15.9 Å². The van der Waals surface area contributed by atoms with Crippen LogP contribution in [0.1, 0.15) is 21.7 Å². The second kappa shape index (κ2) is 8.86. The van der Waals surface area contributed by atoms with Gasteiger partial charge in [-0.05, 0) is 36.7 Å². The molecule has 0 saturated carbocycles. The van der Waals surface area contributed by atoms with Crippen LogP contribution in [0.3, 0.4) is 0 Å². The van der Waals surface area contributed by atoms with E-state index in [1.54, 1.807) is 4.90 Å². The highest BCUT2D eigenvalue weighted by molar-refractivity contribution is 7.89. The standard InChI is InChI=1S/C21H22N2O4S/c1-22-28(25,26)20-13-12-19(27-20)21(24)23(16-18-10-6-3-7-11-18)15-14-17-8-4-2-5-9-17/h2-13,22H,14-16H2,1H3. The first kappa shape index (κ1) is 19.9. The highest BCUT2D eigenvalue weighted by atomic mass is 32.2. The van der Waals surface area contributed by atoms with Crippen molar-refractivity contribution < 1.29 is 17.6 Å². The van der Waals surface area contributed by atoms with E-state index >= 15 is 0 Å². The summed E-state index contributed by atoms with van der Waals surface area (Å²) in [5, 5.41) is -0.277. The molecule has 0 aliphatic rings. The number of hydrogen-bond donors (Lipinski definition) is 1. The maximum absolute atomic E-state index is 13.0. The maximum Gasteiger partial charge on any atom is 0.289 e. The molecule has 1 aromatic heterocycles. The van der Waals surface area contributed by atoms with E-state index in [1.165, 1.54) is 19.2 Å². The van der Waals surface area contributed by atoms with E-state index in [0.29, 0.717) is 19.5 Å². The zero-order chi connectivity index (χ0) is 20.0. The third-order valence-corrected chi connectivity index (χ3v) is 5.63. The molecule has 1 heterocycles. The second-order valence-electron chi connectivity index (χ2n) is 6.27. The number of rotatable bonds is 8. The van der Waals surface area contributed by atoms with E-state index in [2.05, 4.69) is 4.72 Å². The molecule has 0 spiro atoms. The van der Waals surface area contributed by atoms with Gasteiger partial charge in [0.1, 0.15) is 0 Å². The predicted octanol–water partition coefficient (Wildman–Crippen LogP) is 3.07. The summed E-state index contributed by atoms with van der Waals surface area (Å²) in [7, 11) is -2.45. The minimum Gasteiger partial charge on any atom is -0.438 e. The normalized spacial score (nSPS) is 11.3. The minimum absolute atomic E-state index is 0.00202. The van der Waals surface area contributed by atoms with Crippen LogP contribution in [-0.4, -0.2) is 32.8 Å². The fourth-order valence-corrected chi connectivity index (χ4v) is 3.45. The fourth-order valence-electron chi connectivity index (χ4n) is 2.80. The van der Waals surface area contributed by atoms with Crippen LogP contribution < -0.4 is 4.72 Å². The van der Waals surface area contributed by atoms with Crippen molar-refractivity contribution in [1.82, 2.24) is 9.62 Å². The molecule has 3 aromatic rings. The molecule has 0 aliphatic carbocycles. The third-order valence-electron chi connectivity index (χ3n) is 4.34. The summed E-state index contributed by atoms with van der Waals surface area (Å²) in [5.74, 6) is -0.352. The van der Waals surface area contributed by atoms with Crippen LogP contribution >= 0.6 is 0 Å². The quantitative estimate of drug-likeness (QED) is 0.632. The number of benzene rings is 2. The first-order chi connectivity index (χ1) is 13.5. The Balaban J connectivity index is 1.81. The number of nitrogens with zero attached hydrogens (tertiary/aromatic N) is 1. The molecule has 3 rings (SSSR count). The molecular weight excluding hydrogens is 376 g/mol. The smallest absolute Gasteiger partial charge is 0.289 e. The van der Waals surface area contributed by atoms with Gasteiger partial charge in [-0.1, -0.05) is 60.7 Å². The lowest BCUT2D eigenvalue weighted by Gasteiger charge is -2.22. The summed E-state index contributed by atoms with van der Waals surface area (Å²) in [5.41, 5.74) is 2.10. The summed E-state index contributed by atoms with van der Waals surface area (Å²) in [6.07, 6.45) is 0.682. The molecule has 146 valence electrons. The highest BCUT2D eigenvalue weighted by Crippen LogP contribution is 2.17. The monoisotopic (exact) mass is 398 g/mol. The van der Waals surface area contributed by atoms with Gasteiger partial charge in [0.05, 0.1) is 0 Å². The first-order valence-electron chi connectivity index (χ1n) is 8.90. The maximum atomic E-state index is 13.0. The Morgan fingerprint density at radius 1 is 0.929 bits per heavy atom. The first-order valence-corrected chi connectivity index (χ1v) is 10.4. The lowest BCUT2D eigenvalue weighted by atomic mass is 10.1. The summed E-state index contributed by atoms with van der Waals surface area (Å²) in [4.78, 5) is 14.7. The van der Waals surface area contributed by atoms with E-state index in [1.807, 2.05) is 60.7 Å². The van der Waals surface area contributed by atoms with Gasteiger partial charge < -0.3 is 9.32 Å². The zero-order valence-corrected chi connectivity index (χ0v) is 16.4. The van der Waals surface area contributed by atoms with Gasteiger partial charge in [0.2, 0.25) is 5.09 Å². The van der Waals surface area contributed by atoms with Crippen LogP contribution in [0, 0.1) is 0 Å². The summed E-state index contributed by atoms with van der Waals surface area (Å²) >= 11 is 0. The van der Waals surface area contributed by atoms with E-state index in [-0.39, 0.29) is 16.8 Å². The van der Waals surface area contributed by atoms with E-state index in [4.69, 9.17) is 4.42 Å². The van der Waals surface area contributed by atoms with Crippen molar-refractivity contribution in [1.29, 1.82) is 0 Å². The van der Waals surface area contributed by atoms with Gasteiger partial charge in [0, 0.05) is 13.1 Å². The average molecular weight is 398 g/mol. The number of sulfonamides is 1. The number of hydrogen-bond acceptors (Lipinski definition) is 4. The van der Waals surface area contributed by atoms with Gasteiger partial charge in [0.15, 0.2) is 5.76 Å². The lowest BCUT2D eigenvalue weighted by molar-refractivity contribution is 0.0707. The molecule has 6 nitrogen and oxygen atoms in total. The van der Waals surface area contributed by atoms with Crippen LogP contribution in [0.25, 0.3) is 0 Å². The summed E-state index contributed by atoms with van der Waals surface area (Å²) < 4.78 is 31.3. The minimum atomic E-state index is -3.74. The number of carbonyl (C=O) groups is 1. The van der Waals surface area contributed by atoms with Crippen molar-refractivity contribution in [3.63, 3.8) is 0 Å². The van der Waals surface area contributed by atoms with E-state index in [9.17, 15) is 13.2 Å². The SMILES string of the molecule is CNS(=O)(=O)c1ccc(C(=O)N(CCc2ccccc2)Cc2ccccc2)o1. The predicted molar refractivity (Wildman–Crippen MR) is 106 cm³/mol. The second-order valence-corrected chi connectivity index (χ2v) is 8.09. The van der Waals surface area contributed by atoms with Gasteiger partial charge in [-0.15, -0.1) is 0 Å². The highest BCUT2D eigenvalue weighted by Gasteiger charge is 2.23.